The van der Waals surface area contributed by atoms with Crippen molar-refractivity contribution in [1.82, 2.24) is 4.90 Å². The fraction of sp³-hybridized carbons (Fsp3) is 0.500. The maximum atomic E-state index is 11.3. The van der Waals surface area contributed by atoms with E-state index in [1.807, 2.05) is 24.3 Å². The minimum atomic E-state index is -0.955. The monoisotopic (exact) mass is 296 g/mol. The minimum Gasteiger partial charge on any atom is -0.366 e. The molecule has 0 bridgehead atoms. The van der Waals surface area contributed by atoms with Gasteiger partial charge in [0.25, 0.3) is 0 Å². The Hall–Kier alpha value is -0.710. The summed E-state index contributed by atoms with van der Waals surface area (Å²) in [6.07, 6.45) is 1.90. The van der Waals surface area contributed by atoms with Crippen LogP contribution in [0.3, 0.4) is 0 Å². The lowest BCUT2D eigenvalue weighted by Gasteiger charge is -2.38. The Balaban J connectivity index is 2.05. The van der Waals surface area contributed by atoms with Crippen LogP contribution in [0.25, 0.3) is 0 Å². The molecule has 1 fully saturated rings. The Labute approximate surface area is 122 Å². The third-order valence-electron chi connectivity index (χ3n) is 3.77. The van der Waals surface area contributed by atoms with Crippen molar-refractivity contribution >= 4 is 28.5 Å². The molecule has 1 aromatic rings. The molecule has 2 heterocycles. The molecule has 0 aliphatic carbocycles. The third kappa shape index (κ3) is 2.06. The Kier molecular flexibility index (Phi) is 3.50. The number of fused-ring (bicyclic) bond motifs is 1. The second-order valence-corrected chi connectivity index (χ2v) is 6.52. The number of aliphatic hydroxyl groups is 1. The molecule has 0 amide bonds. The summed E-state index contributed by atoms with van der Waals surface area (Å²) in [5.41, 5.74) is -0.0492. The van der Waals surface area contributed by atoms with E-state index in [1.54, 1.807) is 11.8 Å². The van der Waals surface area contributed by atoms with E-state index in [4.69, 9.17) is 11.6 Å². The predicted molar refractivity (Wildman–Crippen MR) is 80.6 cm³/mol. The summed E-state index contributed by atoms with van der Waals surface area (Å²) in [4.78, 5) is 6.60. The summed E-state index contributed by atoms with van der Waals surface area (Å²) < 4.78 is 0. The summed E-state index contributed by atoms with van der Waals surface area (Å²) >= 11 is 7.64. The molecule has 19 heavy (non-hydrogen) atoms. The van der Waals surface area contributed by atoms with Gasteiger partial charge in [-0.25, -0.2) is 0 Å². The van der Waals surface area contributed by atoms with Crippen molar-refractivity contribution in [3.8, 4) is 0 Å². The summed E-state index contributed by atoms with van der Waals surface area (Å²) in [6, 6.07) is 7.52. The predicted octanol–water partition coefficient (Wildman–Crippen LogP) is 3.07. The summed E-state index contributed by atoms with van der Waals surface area (Å²) in [6.45, 7) is 3.84. The molecule has 1 saturated heterocycles. The molecule has 0 aromatic heterocycles. The molecule has 2 aliphatic rings. The van der Waals surface area contributed by atoms with Gasteiger partial charge in [-0.15, -0.1) is 0 Å². The van der Waals surface area contributed by atoms with Gasteiger partial charge >= 0.3 is 0 Å². The fourth-order valence-electron chi connectivity index (χ4n) is 2.79. The van der Waals surface area contributed by atoms with E-state index >= 15 is 0 Å². The molecule has 3 nitrogen and oxygen atoms in total. The van der Waals surface area contributed by atoms with Gasteiger partial charge in [0, 0.05) is 23.7 Å². The quantitative estimate of drug-likeness (QED) is 0.911. The van der Waals surface area contributed by atoms with Crippen molar-refractivity contribution in [2.45, 2.75) is 30.7 Å². The molecular formula is C14H17ClN2OS. The van der Waals surface area contributed by atoms with Crippen LogP contribution in [0.2, 0.25) is 5.02 Å². The molecule has 3 rings (SSSR count). The van der Waals surface area contributed by atoms with Gasteiger partial charge in [0.15, 0.2) is 10.9 Å². The molecule has 2 atom stereocenters. The van der Waals surface area contributed by atoms with E-state index in [2.05, 4.69) is 16.8 Å². The van der Waals surface area contributed by atoms with E-state index in [-0.39, 0.29) is 5.25 Å². The molecule has 0 saturated carbocycles. The first-order valence-corrected chi connectivity index (χ1v) is 7.89. The molecule has 0 spiro atoms. The van der Waals surface area contributed by atoms with Gasteiger partial charge in [-0.05, 0) is 25.0 Å². The van der Waals surface area contributed by atoms with E-state index in [9.17, 15) is 5.11 Å². The average Bonchev–Trinajstić information content (AvgIpc) is 2.74. The van der Waals surface area contributed by atoms with Crippen molar-refractivity contribution in [3.05, 3.63) is 34.9 Å². The van der Waals surface area contributed by atoms with Crippen LogP contribution in [0.4, 0.5) is 0 Å². The molecule has 102 valence electrons. The van der Waals surface area contributed by atoms with Crippen molar-refractivity contribution in [3.63, 3.8) is 0 Å². The van der Waals surface area contributed by atoms with Crippen LogP contribution in [0.1, 0.15) is 25.3 Å². The van der Waals surface area contributed by atoms with Crippen molar-refractivity contribution in [1.29, 1.82) is 0 Å². The van der Waals surface area contributed by atoms with Crippen LogP contribution in [0.15, 0.2) is 29.3 Å². The van der Waals surface area contributed by atoms with Crippen LogP contribution in [-0.2, 0) is 5.72 Å². The number of benzene rings is 1. The fourth-order valence-corrected chi connectivity index (χ4v) is 4.29. The van der Waals surface area contributed by atoms with E-state index < -0.39 is 5.72 Å². The maximum Gasteiger partial charge on any atom is 0.178 e. The highest BCUT2D eigenvalue weighted by molar-refractivity contribution is 8.14. The highest BCUT2D eigenvalue weighted by Gasteiger charge is 2.52. The summed E-state index contributed by atoms with van der Waals surface area (Å²) in [5, 5.41) is 13.1. The number of aliphatic imine (C=N–C) groups is 1. The average molecular weight is 297 g/mol. The van der Waals surface area contributed by atoms with Gasteiger partial charge in [0.05, 0.1) is 5.25 Å². The lowest BCUT2D eigenvalue weighted by Crippen LogP contribution is -2.50. The standard InChI is InChI=1S/C14H17ClN2OS/c1-2-12-14(18,10-4-6-11(15)7-5-10)17-9-3-8-16-13(17)19-12/h4-7,12,18H,2-3,8-9H2,1H3/t12-,14+/m1/s1. The van der Waals surface area contributed by atoms with Crippen molar-refractivity contribution in [2.75, 3.05) is 13.1 Å². The molecule has 1 aromatic carbocycles. The van der Waals surface area contributed by atoms with Crippen LogP contribution < -0.4 is 0 Å². The minimum absolute atomic E-state index is 0.116. The zero-order chi connectivity index (χ0) is 13.5. The lowest BCUT2D eigenvalue weighted by atomic mass is 9.95. The Morgan fingerprint density at radius 1 is 1.47 bits per heavy atom. The number of amidine groups is 1. The van der Waals surface area contributed by atoms with Gasteiger partial charge in [-0.3, -0.25) is 4.99 Å². The van der Waals surface area contributed by atoms with E-state index in [0.717, 1.165) is 36.7 Å². The second-order valence-electron chi connectivity index (χ2n) is 4.92. The van der Waals surface area contributed by atoms with Gasteiger partial charge in [0.1, 0.15) is 0 Å². The zero-order valence-corrected chi connectivity index (χ0v) is 12.4. The SMILES string of the molecule is CC[C@H]1SC2=NCCCN2[C@]1(O)c1ccc(Cl)cc1. The van der Waals surface area contributed by atoms with Gasteiger partial charge in [0.2, 0.25) is 0 Å². The third-order valence-corrected chi connectivity index (χ3v) is 5.52. The Morgan fingerprint density at radius 2 is 2.21 bits per heavy atom. The maximum absolute atomic E-state index is 11.3. The Morgan fingerprint density at radius 3 is 2.89 bits per heavy atom. The Bertz CT molecular complexity index is 505. The molecule has 0 unspecified atom stereocenters. The van der Waals surface area contributed by atoms with Gasteiger partial charge < -0.3 is 10.0 Å². The molecule has 1 N–H and O–H groups in total. The van der Waals surface area contributed by atoms with Crippen molar-refractivity contribution < 1.29 is 5.11 Å². The first-order valence-electron chi connectivity index (χ1n) is 6.63. The van der Waals surface area contributed by atoms with E-state index in [0.29, 0.717) is 5.02 Å². The van der Waals surface area contributed by atoms with Crippen LogP contribution >= 0.6 is 23.4 Å². The number of hydrogen-bond donors (Lipinski definition) is 1. The highest BCUT2D eigenvalue weighted by atomic mass is 35.5. The largest absolute Gasteiger partial charge is 0.366 e. The van der Waals surface area contributed by atoms with Crippen LogP contribution in [0, 0.1) is 0 Å². The topological polar surface area (TPSA) is 35.8 Å². The molecule has 2 aliphatic heterocycles. The number of halogens is 1. The number of hydrogen-bond acceptors (Lipinski definition) is 4. The molecule has 5 heteroatoms. The number of nitrogens with zero attached hydrogens (tertiary/aromatic N) is 2. The number of rotatable bonds is 2. The second kappa shape index (κ2) is 5.00. The smallest absolute Gasteiger partial charge is 0.178 e. The van der Waals surface area contributed by atoms with Crippen LogP contribution in [0.5, 0.6) is 0 Å². The van der Waals surface area contributed by atoms with Crippen molar-refractivity contribution in [2.24, 2.45) is 4.99 Å². The summed E-state index contributed by atoms with van der Waals surface area (Å²) in [7, 11) is 0. The normalized spacial score (nSPS) is 30.2. The molecule has 0 radical (unpaired) electrons. The molecular weight excluding hydrogens is 280 g/mol. The number of thioether (sulfide) groups is 1. The first kappa shape index (κ1) is 13.3. The van der Waals surface area contributed by atoms with E-state index in [1.165, 1.54) is 0 Å². The van der Waals surface area contributed by atoms with Gasteiger partial charge in [-0.1, -0.05) is 42.4 Å². The lowest BCUT2D eigenvalue weighted by molar-refractivity contribution is -0.0727. The van der Waals surface area contributed by atoms with Gasteiger partial charge in [-0.2, -0.15) is 0 Å². The highest BCUT2D eigenvalue weighted by Crippen LogP contribution is 2.47. The van der Waals surface area contributed by atoms with Crippen LogP contribution in [-0.4, -0.2) is 33.5 Å². The zero-order valence-electron chi connectivity index (χ0n) is 10.8. The first-order chi connectivity index (χ1) is 9.16. The summed E-state index contributed by atoms with van der Waals surface area (Å²) in [5.74, 6) is 0.